The molecular weight excluding hydrogens is 318 g/mol. The molecule has 2 aromatic carbocycles. The maximum absolute atomic E-state index is 12.5. The molecule has 0 radical (unpaired) electrons. The lowest BCUT2D eigenvalue weighted by atomic mass is 10.0. The molecule has 1 aliphatic heterocycles. The van der Waals surface area contributed by atoms with Crippen LogP contribution in [0.3, 0.4) is 0 Å². The van der Waals surface area contributed by atoms with Crippen LogP contribution in [-0.4, -0.2) is 29.8 Å². The van der Waals surface area contributed by atoms with Gasteiger partial charge in [0, 0.05) is 25.0 Å². The van der Waals surface area contributed by atoms with Crippen LogP contribution in [0.2, 0.25) is 0 Å². The summed E-state index contributed by atoms with van der Waals surface area (Å²) in [6.07, 6.45) is 0. The molecule has 25 heavy (non-hydrogen) atoms. The van der Waals surface area contributed by atoms with E-state index in [-0.39, 0.29) is 25.0 Å². The predicted octanol–water partition coefficient (Wildman–Crippen LogP) is 2.84. The smallest absolute Gasteiger partial charge is 0.205 e. The van der Waals surface area contributed by atoms with Gasteiger partial charge in [-0.1, -0.05) is 30.3 Å². The standard InChI is InChI=1S/C20H23NO4/c1-20(2)24-13-16-10-15(8-9-19(16)25-20)18(23)11-21-17(12-22)14-6-4-3-5-7-14/h3-10,17,21-22H,11-13H2,1-2H3/t17-/m1/s1. The third-order valence-electron chi connectivity index (χ3n) is 4.21. The van der Waals surface area contributed by atoms with Gasteiger partial charge in [0.15, 0.2) is 5.78 Å². The van der Waals surface area contributed by atoms with Crippen LogP contribution < -0.4 is 10.1 Å². The topological polar surface area (TPSA) is 67.8 Å². The first-order valence-corrected chi connectivity index (χ1v) is 8.37. The Morgan fingerprint density at radius 2 is 2.00 bits per heavy atom. The van der Waals surface area contributed by atoms with Crippen molar-refractivity contribution in [2.24, 2.45) is 0 Å². The van der Waals surface area contributed by atoms with Crippen molar-refractivity contribution in [3.05, 3.63) is 65.2 Å². The van der Waals surface area contributed by atoms with Crippen LogP contribution in [0, 0.1) is 0 Å². The first-order chi connectivity index (χ1) is 12.0. The van der Waals surface area contributed by atoms with Crippen LogP contribution >= 0.6 is 0 Å². The molecule has 0 unspecified atom stereocenters. The fourth-order valence-corrected chi connectivity index (χ4v) is 2.80. The Morgan fingerprint density at radius 3 is 2.72 bits per heavy atom. The van der Waals surface area contributed by atoms with Crippen molar-refractivity contribution in [3.63, 3.8) is 0 Å². The minimum absolute atomic E-state index is 0.0398. The number of hydrogen-bond donors (Lipinski definition) is 2. The van der Waals surface area contributed by atoms with E-state index in [1.54, 1.807) is 6.07 Å². The zero-order valence-electron chi connectivity index (χ0n) is 14.5. The van der Waals surface area contributed by atoms with Gasteiger partial charge in [-0.05, 0) is 23.8 Å². The third kappa shape index (κ3) is 4.25. The van der Waals surface area contributed by atoms with Crippen molar-refractivity contribution in [3.8, 4) is 5.75 Å². The molecule has 3 rings (SSSR count). The summed E-state index contributed by atoms with van der Waals surface area (Å²) in [4.78, 5) is 12.5. The van der Waals surface area contributed by atoms with E-state index in [0.717, 1.165) is 16.9 Å². The van der Waals surface area contributed by atoms with Crippen LogP contribution in [0.4, 0.5) is 0 Å². The first kappa shape index (κ1) is 17.6. The highest BCUT2D eigenvalue weighted by Crippen LogP contribution is 2.31. The van der Waals surface area contributed by atoms with Gasteiger partial charge in [-0.25, -0.2) is 0 Å². The molecule has 1 atom stereocenters. The maximum atomic E-state index is 12.5. The highest BCUT2D eigenvalue weighted by molar-refractivity contribution is 5.98. The molecule has 1 heterocycles. The quantitative estimate of drug-likeness (QED) is 0.791. The van der Waals surface area contributed by atoms with Crippen molar-refractivity contribution in [2.75, 3.05) is 13.2 Å². The number of hydrogen-bond acceptors (Lipinski definition) is 5. The number of carbonyl (C=O) groups is 1. The first-order valence-electron chi connectivity index (χ1n) is 8.37. The summed E-state index contributed by atoms with van der Waals surface area (Å²) in [5.74, 6) is 0.0599. The van der Waals surface area contributed by atoms with E-state index < -0.39 is 5.79 Å². The van der Waals surface area contributed by atoms with Gasteiger partial charge in [-0.2, -0.15) is 0 Å². The van der Waals surface area contributed by atoms with E-state index in [1.807, 2.05) is 56.3 Å². The molecule has 1 aliphatic rings. The number of aliphatic hydroxyl groups excluding tert-OH is 1. The van der Waals surface area contributed by atoms with Crippen LogP contribution in [0.1, 0.15) is 41.4 Å². The van der Waals surface area contributed by atoms with Gasteiger partial charge in [0.25, 0.3) is 0 Å². The van der Waals surface area contributed by atoms with E-state index >= 15 is 0 Å². The summed E-state index contributed by atoms with van der Waals surface area (Å²) >= 11 is 0. The van der Waals surface area contributed by atoms with Gasteiger partial charge in [0.2, 0.25) is 5.79 Å². The molecule has 0 spiro atoms. The fourth-order valence-electron chi connectivity index (χ4n) is 2.80. The molecule has 0 saturated heterocycles. The molecule has 0 amide bonds. The number of Topliss-reactive ketones (excluding diaryl/α,β-unsaturated/α-hetero) is 1. The van der Waals surface area contributed by atoms with Crippen molar-refractivity contribution >= 4 is 5.78 Å². The minimum Gasteiger partial charge on any atom is -0.463 e. The Kier molecular flexibility index (Phi) is 5.18. The second kappa shape index (κ2) is 7.35. The molecule has 132 valence electrons. The van der Waals surface area contributed by atoms with Crippen molar-refractivity contribution in [2.45, 2.75) is 32.3 Å². The Morgan fingerprint density at radius 1 is 1.24 bits per heavy atom. The molecular formula is C20H23NO4. The van der Waals surface area contributed by atoms with Crippen LogP contribution in [0.25, 0.3) is 0 Å². The zero-order valence-corrected chi connectivity index (χ0v) is 14.5. The largest absolute Gasteiger partial charge is 0.463 e. The Labute approximate surface area is 147 Å². The SMILES string of the molecule is CC1(C)OCc2cc(C(=O)CN[C@H](CO)c3ccccc3)ccc2O1. The van der Waals surface area contributed by atoms with Gasteiger partial charge in [0.05, 0.1) is 25.8 Å². The summed E-state index contributed by atoms with van der Waals surface area (Å²) in [6.45, 7) is 4.21. The fraction of sp³-hybridized carbons (Fsp3) is 0.350. The third-order valence-corrected chi connectivity index (χ3v) is 4.21. The molecule has 2 N–H and O–H groups in total. The lowest BCUT2D eigenvalue weighted by Crippen LogP contribution is -2.35. The van der Waals surface area contributed by atoms with Crippen LogP contribution in [0.5, 0.6) is 5.75 Å². The van der Waals surface area contributed by atoms with Gasteiger partial charge in [0.1, 0.15) is 5.75 Å². The molecule has 5 heteroatoms. The van der Waals surface area contributed by atoms with Crippen molar-refractivity contribution in [1.29, 1.82) is 0 Å². The molecule has 0 aliphatic carbocycles. The molecule has 0 fully saturated rings. The van der Waals surface area contributed by atoms with Gasteiger partial charge < -0.3 is 19.9 Å². The molecule has 0 bridgehead atoms. The summed E-state index contributed by atoms with van der Waals surface area (Å²) in [6, 6.07) is 14.7. The molecule has 2 aromatic rings. The summed E-state index contributed by atoms with van der Waals surface area (Å²) in [7, 11) is 0. The molecule has 0 saturated carbocycles. The maximum Gasteiger partial charge on any atom is 0.205 e. The van der Waals surface area contributed by atoms with Crippen LogP contribution in [0.15, 0.2) is 48.5 Å². The summed E-state index contributed by atoms with van der Waals surface area (Å²) < 4.78 is 11.4. The van der Waals surface area contributed by atoms with E-state index in [9.17, 15) is 9.90 Å². The summed E-state index contributed by atoms with van der Waals surface area (Å²) in [5, 5.41) is 12.7. The number of aliphatic hydroxyl groups is 1. The predicted molar refractivity (Wildman–Crippen MR) is 94.5 cm³/mol. The Bertz CT molecular complexity index is 743. The number of ketones is 1. The van der Waals surface area contributed by atoms with Gasteiger partial charge >= 0.3 is 0 Å². The van der Waals surface area contributed by atoms with E-state index in [1.165, 1.54) is 0 Å². The Hall–Kier alpha value is -2.21. The number of carbonyl (C=O) groups excluding carboxylic acids is 1. The van der Waals surface area contributed by atoms with E-state index in [2.05, 4.69) is 5.32 Å². The molecule has 5 nitrogen and oxygen atoms in total. The monoisotopic (exact) mass is 341 g/mol. The normalized spacial score (nSPS) is 16.6. The highest BCUT2D eigenvalue weighted by Gasteiger charge is 2.27. The van der Waals surface area contributed by atoms with E-state index in [0.29, 0.717) is 12.2 Å². The average Bonchev–Trinajstić information content (AvgIpc) is 2.62. The highest BCUT2D eigenvalue weighted by atomic mass is 16.7. The number of rotatable bonds is 6. The minimum atomic E-state index is -0.649. The number of ether oxygens (including phenoxy) is 2. The van der Waals surface area contributed by atoms with Gasteiger partial charge in [-0.3, -0.25) is 4.79 Å². The zero-order chi connectivity index (χ0) is 17.9. The van der Waals surface area contributed by atoms with Crippen LogP contribution in [-0.2, 0) is 11.3 Å². The second-order valence-corrected chi connectivity index (χ2v) is 6.56. The van der Waals surface area contributed by atoms with Crippen molar-refractivity contribution in [1.82, 2.24) is 5.32 Å². The second-order valence-electron chi connectivity index (χ2n) is 6.56. The molecule has 0 aromatic heterocycles. The average molecular weight is 341 g/mol. The Balaban J connectivity index is 1.66. The summed E-state index contributed by atoms with van der Waals surface area (Å²) in [5.41, 5.74) is 2.42. The van der Waals surface area contributed by atoms with Gasteiger partial charge in [-0.15, -0.1) is 0 Å². The van der Waals surface area contributed by atoms with E-state index in [4.69, 9.17) is 9.47 Å². The lowest BCUT2D eigenvalue weighted by Gasteiger charge is -2.32. The number of fused-ring (bicyclic) bond motifs is 1. The lowest BCUT2D eigenvalue weighted by molar-refractivity contribution is -0.180. The van der Waals surface area contributed by atoms with Crippen molar-refractivity contribution < 1.29 is 19.4 Å². The number of nitrogens with one attached hydrogen (secondary N) is 1. The number of benzene rings is 2.